The van der Waals surface area contributed by atoms with Crippen LogP contribution in [0.15, 0.2) is 47.3 Å². The van der Waals surface area contributed by atoms with Gasteiger partial charge in [-0.1, -0.05) is 0 Å². The Hall–Kier alpha value is -2.99. The van der Waals surface area contributed by atoms with Crippen molar-refractivity contribution in [1.29, 1.82) is 0 Å². The molecule has 4 rings (SSSR count). The van der Waals surface area contributed by atoms with Crippen LogP contribution in [0.4, 0.5) is 0 Å². The quantitative estimate of drug-likeness (QED) is 0.710. The molecule has 1 aliphatic heterocycles. The van der Waals surface area contributed by atoms with Gasteiger partial charge in [0.25, 0.3) is 5.56 Å². The highest BCUT2D eigenvalue weighted by atomic mass is 16.7. The predicted molar refractivity (Wildman–Crippen MR) is 97.6 cm³/mol. The van der Waals surface area contributed by atoms with Gasteiger partial charge < -0.3 is 24.5 Å². The Morgan fingerprint density at radius 2 is 1.96 bits per heavy atom. The first-order valence-electron chi connectivity index (χ1n) is 8.72. The first kappa shape index (κ1) is 16.5. The summed E-state index contributed by atoms with van der Waals surface area (Å²) in [7, 11) is 0. The maximum Gasteiger partial charge on any atom is 0.257 e. The van der Waals surface area contributed by atoms with Gasteiger partial charge >= 0.3 is 0 Å². The number of pyridine rings is 1. The molecule has 0 fully saturated rings. The number of nitrogens with one attached hydrogen (secondary N) is 1. The van der Waals surface area contributed by atoms with Gasteiger partial charge in [0.15, 0.2) is 11.5 Å². The smallest absolute Gasteiger partial charge is 0.257 e. The molecule has 0 bridgehead atoms. The van der Waals surface area contributed by atoms with Crippen LogP contribution < -0.4 is 25.1 Å². The molecule has 0 saturated heterocycles. The minimum atomic E-state index is -0.0522. The molecule has 0 unspecified atom stereocenters. The Morgan fingerprint density at radius 1 is 1.08 bits per heavy atom. The number of ether oxygens (including phenoxy) is 3. The summed E-state index contributed by atoms with van der Waals surface area (Å²) in [5, 5.41) is 3.07. The number of nitrogens with two attached hydrogens (primary N) is 1. The second-order valence-corrected chi connectivity index (χ2v) is 6.19. The van der Waals surface area contributed by atoms with Crippen LogP contribution in [-0.4, -0.2) is 18.4 Å². The fourth-order valence-electron chi connectivity index (χ4n) is 3.10. The molecule has 1 aromatic heterocycles. The number of aromatic nitrogens is 1. The highest BCUT2D eigenvalue weighted by Crippen LogP contribution is 2.32. The minimum Gasteiger partial charge on any atom is -0.494 e. The Morgan fingerprint density at radius 3 is 2.85 bits per heavy atom. The molecular weight excluding hydrogens is 332 g/mol. The number of aromatic amines is 1. The third kappa shape index (κ3) is 3.36. The van der Waals surface area contributed by atoms with E-state index in [9.17, 15) is 4.79 Å². The molecule has 134 valence electrons. The maximum atomic E-state index is 12.3. The van der Waals surface area contributed by atoms with Crippen LogP contribution in [0.1, 0.15) is 18.1 Å². The topological polar surface area (TPSA) is 77.2 Å². The number of quaternary nitrogens is 1. The molecule has 6 nitrogen and oxygen atoms in total. The van der Waals surface area contributed by atoms with Gasteiger partial charge in [0.05, 0.1) is 12.2 Å². The standard InChI is InChI=1S/C20H20N2O4/c1-2-24-16-4-5-17-14(9-16)8-15(20(23)22-17)11-21-10-13-3-6-18-19(7-13)26-12-25-18/h3-9,21H,2,10-12H2,1H3,(H,22,23)/p+1. The van der Waals surface area contributed by atoms with Crippen LogP contribution in [0.3, 0.4) is 0 Å². The lowest BCUT2D eigenvalue weighted by Crippen LogP contribution is -2.81. The van der Waals surface area contributed by atoms with E-state index < -0.39 is 0 Å². The van der Waals surface area contributed by atoms with Crippen LogP contribution in [-0.2, 0) is 13.1 Å². The average Bonchev–Trinajstić information content (AvgIpc) is 3.10. The molecule has 0 atom stereocenters. The van der Waals surface area contributed by atoms with Gasteiger partial charge in [-0.05, 0) is 49.4 Å². The predicted octanol–water partition coefficient (Wildman–Crippen LogP) is 1.92. The summed E-state index contributed by atoms with van der Waals surface area (Å²) in [5.74, 6) is 2.37. The van der Waals surface area contributed by atoms with E-state index in [1.807, 2.05) is 49.4 Å². The van der Waals surface area contributed by atoms with Crippen molar-refractivity contribution in [3.63, 3.8) is 0 Å². The number of hydrogen-bond donors (Lipinski definition) is 2. The van der Waals surface area contributed by atoms with Crippen molar-refractivity contribution < 1.29 is 19.5 Å². The van der Waals surface area contributed by atoms with Crippen molar-refractivity contribution in [2.45, 2.75) is 20.0 Å². The van der Waals surface area contributed by atoms with Crippen molar-refractivity contribution in [3.05, 3.63) is 63.9 Å². The van der Waals surface area contributed by atoms with Crippen molar-refractivity contribution >= 4 is 10.9 Å². The fraction of sp³-hybridized carbons (Fsp3) is 0.250. The largest absolute Gasteiger partial charge is 0.494 e. The van der Waals surface area contributed by atoms with E-state index in [1.54, 1.807) is 0 Å². The highest BCUT2D eigenvalue weighted by molar-refractivity contribution is 5.80. The van der Waals surface area contributed by atoms with E-state index in [1.165, 1.54) is 0 Å². The molecule has 2 heterocycles. The first-order chi connectivity index (χ1) is 12.7. The second kappa shape index (κ2) is 7.09. The molecule has 6 heteroatoms. The molecule has 0 saturated carbocycles. The Labute approximate surface area is 150 Å². The van der Waals surface area contributed by atoms with Gasteiger partial charge in [0.2, 0.25) is 6.79 Å². The minimum absolute atomic E-state index is 0.0522. The molecule has 26 heavy (non-hydrogen) atoms. The van der Waals surface area contributed by atoms with Gasteiger partial charge in [0.1, 0.15) is 18.8 Å². The zero-order valence-electron chi connectivity index (χ0n) is 14.6. The zero-order chi connectivity index (χ0) is 17.9. The van der Waals surface area contributed by atoms with Gasteiger partial charge in [0, 0.05) is 16.5 Å². The summed E-state index contributed by atoms with van der Waals surface area (Å²) in [6.45, 7) is 4.20. The van der Waals surface area contributed by atoms with Crippen molar-refractivity contribution in [2.75, 3.05) is 13.4 Å². The molecule has 0 amide bonds. The molecule has 1 aliphatic rings. The number of H-pyrrole nitrogens is 1. The van der Waals surface area contributed by atoms with Gasteiger partial charge in [-0.2, -0.15) is 0 Å². The molecule has 0 spiro atoms. The molecule has 3 aromatic rings. The van der Waals surface area contributed by atoms with E-state index in [2.05, 4.69) is 10.3 Å². The highest BCUT2D eigenvalue weighted by Gasteiger charge is 2.14. The average molecular weight is 353 g/mol. The van der Waals surface area contributed by atoms with E-state index >= 15 is 0 Å². The lowest BCUT2D eigenvalue weighted by molar-refractivity contribution is -0.686. The normalized spacial score (nSPS) is 12.5. The van der Waals surface area contributed by atoms with Crippen LogP contribution in [0, 0.1) is 0 Å². The van der Waals surface area contributed by atoms with Crippen LogP contribution in [0.25, 0.3) is 10.9 Å². The van der Waals surface area contributed by atoms with Crippen LogP contribution in [0.5, 0.6) is 17.2 Å². The number of hydrogen-bond acceptors (Lipinski definition) is 4. The first-order valence-corrected chi connectivity index (χ1v) is 8.72. The maximum absolute atomic E-state index is 12.3. The molecule has 0 aliphatic carbocycles. The van der Waals surface area contributed by atoms with Gasteiger partial charge in [-0.3, -0.25) is 4.79 Å². The van der Waals surface area contributed by atoms with E-state index in [4.69, 9.17) is 14.2 Å². The molecule has 2 aromatic carbocycles. The van der Waals surface area contributed by atoms with Crippen molar-refractivity contribution in [2.24, 2.45) is 0 Å². The molecular formula is C20H21N2O4+. The number of benzene rings is 2. The zero-order valence-corrected chi connectivity index (χ0v) is 14.6. The number of rotatable bonds is 6. The lowest BCUT2D eigenvalue weighted by Gasteiger charge is -2.07. The summed E-state index contributed by atoms with van der Waals surface area (Å²) in [4.78, 5) is 15.2. The van der Waals surface area contributed by atoms with Gasteiger partial charge in [-0.15, -0.1) is 0 Å². The van der Waals surface area contributed by atoms with E-state index in [0.29, 0.717) is 13.2 Å². The third-order valence-electron chi connectivity index (χ3n) is 4.38. The summed E-state index contributed by atoms with van der Waals surface area (Å²) < 4.78 is 16.3. The second-order valence-electron chi connectivity index (χ2n) is 6.19. The Bertz CT molecular complexity index is 997. The van der Waals surface area contributed by atoms with Gasteiger partial charge in [-0.25, -0.2) is 0 Å². The summed E-state index contributed by atoms with van der Waals surface area (Å²) in [5.41, 5.74) is 2.64. The summed E-state index contributed by atoms with van der Waals surface area (Å²) >= 11 is 0. The summed E-state index contributed by atoms with van der Waals surface area (Å²) in [6.07, 6.45) is 0. The van der Waals surface area contributed by atoms with E-state index in [0.717, 1.165) is 45.8 Å². The fourth-order valence-corrected chi connectivity index (χ4v) is 3.10. The van der Waals surface area contributed by atoms with Crippen LogP contribution in [0.2, 0.25) is 0 Å². The van der Waals surface area contributed by atoms with E-state index in [-0.39, 0.29) is 12.4 Å². The number of fused-ring (bicyclic) bond motifs is 2. The Balaban J connectivity index is 1.47. The van der Waals surface area contributed by atoms with Crippen molar-refractivity contribution in [3.8, 4) is 17.2 Å². The SMILES string of the molecule is CCOc1ccc2[nH]c(=O)c(C[NH2+]Cc3ccc4c(c3)OCO4)cc2c1. The third-order valence-corrected chi connectivity index (χ3v) is 4.38. The van der Waals surface area contributed by atoms with Crippen molar-refractivity contribution in [1.82, 2.24) is 4.98 Å². The summed E-state index contributed by atoms with van der Waals surface area (Å²) in [6, 6.07) is 13.6. The monoisotopic (exact) mass is 353 g/mol. The van der Waals surface area contributed by atoms with Crippen LogP contribution >= 0.6 is 0 Å². The lowest BCUT2D eigenvalue weighted by atomic mass is 10.1. The Kier molecular flexibility index (Phi) is 4.50. The molecule has 0 radical (unpaired) electrons. The molecule has 3 N–H and O–H groups in total.